The average molecular weight is 516 g/mol. The highest BCUT2D eigenvalue weighted by Crippen LogP contribution is 2.34. The smallest absolute Gasteiger partial charge is 0.304 e. The van der Waals surface area contributed by atoms with Crippen molar-refractivity contribution in [2.75, 3.05) is 19.6 Å². The Morgan fingerprint density at radius 1 is 1.09 bits per heavy atom. The van der Waals surface area contributed by atoms with E-state index in [2.05, 4.69) is 29.7 Å². The number of benzene rings is 2. The molecule has 9 heteroatoms. The van der Waals surface area contributed by atoms with Gasteiger partial charge in [0.15, 0.2) is 0 Å². The lowest BCUT2D eigenvalue weighted by Crippen LogP contribution is -2.36. The van der Waals surface area contributed by atoms with Gasteiger partial charge in [-0.05, 0) is 61.5 Å². The zero-order valence-corrected chi connectivity index (χ0v) is 22.7. The fraction of sp³-hybridized carbons (Fsp3) is 0.500. The second-order valence-corrected chi connectivity index (χ2v) is 18.1. The van der Waals surface area contributed by atoms with E-state index < -0.39 is 30.2 Å². The van der Waals surface area contributed by atoms with Crippen molar-refractivity contribution < 1.29 is 17.9 Å². The van der Waals surface area contributed by atoms with E-state index in [-0.39, 0.29) is 6.54 Å². The molecule has 2 aliphatic heterocycles. The van der Waals surface area contributed by atoms with E-state index in [1.807, 2.05) is 48.5 Å². The number of nitrogens with one attached hydrogen (secondary N) is 2. The summed E-state index contributed by atoms with van der Waals surface area (Å²) in [4.78, 5) is 13.3. The molecule has 2 saturated heterocycles. The van der Waals surface area contributed by atoms with Gasteiger partial charge in [-0.15, -0.1) is 0 Å². The summed E-state index contributed by atoms with van der Waals surface area (Å²) in [6.07, 6.45) is 3.27. The van der Waals surface area contributed by atoms with E-state index >= 15 is 0 Å². The van der Waals surface area contributed by atoms with Crippen LogP contribution in [0.15, 0.2) is 48.5 Å². The molecular weight excluding hydrogens is 478 g/mol. The fourth-order valence-electron chi connectivity index (χ4n) is 4.63. The molecular formula is C26H37N3O4SSi. The fourth-order valence-corrected chi connectivity index (χ4v) is 7.01. The molecule has 2 unspecified atom stereocenters. The number of rotatable bonds is 9. The molecule has 2 atom stereocenters. The summed E-state index contributed by atoms with van der Waals surface area (Å²) in [7, 11) is -5.40. The summed E-state index contributed by atoms with van der Waals surface area (Å²) in [6.45, 7) is 9.13. The summed E-state index contributed by atoms with van der Waals surface area (Å²) in [5, 5.41) is 3.46. The highest BCUT2D eigenvalue weighted by molar-refractivity contribution is 7.88. The number of hydrogen-bond acceptors (Lipinski definition) is 5. The predicted molar refractivity (Wildman–Crippen MR) is 141 cm³/mol. The zero-order chi connectivity index (χ0) is 25.1. The minimum atomic E-state index is -3.88. The second kappa shape index (κ2) is 10.8. The zero-order valence-electron chi connectivity index (χ0n) is 20.9. The highest BCUT2D eigenvalue weighted by Gasteiger charge is 2.45. The molecule has 0 aliphatic carbocycles. The van der Waals surface area contributed by atoms with Crippen molar-refractivity contribution in [1.82, 2.24) is 14.3 Å². The highest BCUT2D eigenvalue weighted by atomic mass is 32.2. The summed E-state index contributed by atoms with van der Waals surface area (Å²) >= 11 is 0. The van der Waals surface area contributed by atoms with Crippen LogP contribution in [-0.4, -0.2) is 46.3 Å². The van der Waals surface area contributed by atoms with Crippen LogP contribution in [0, 0.1) is 5.92 Å². The molecule has 190 valence electrons. The molecule has 2 fully saturated rings. The van der Waals surface area contributed by atoms with Crippen LogP contribution in [0.2, 0.25) is 25.7 Å². The van der Waals surface area contributed by atoms with Gasteiger partial charge in [-0.2, -0.15) is 13.1 Å². The van der Waals surface area contributed by atoms with Crippen LogP contribution < -0.4 is 14.8 Å². The monoisotopic (exact) mass is 515 g/mol. The van der Waals surface area contributed by atoms with Crippen LogP contribution in [0.1, 0.15) is 35.6 Å². The molecule has 2 aromatic rings. The Hall–Kier alpha value is -2.20. The molecule has 35 heavy (non-hydrogen) atoms. The van der Waals surface area contributed by atoms with Crippen molar-refractivity contribution in [2.45, 2.75) is 57.6 Å². The van der Waals surface area contributed by atoms with Crippen molar-refractivity contribution in [2.24, 2.45) is 5.92 Å². The Morgan fingerprint density at radius 2 is 1.86 bits per heavy atom. The van der Waals surface area contributed by atoms with Gasteiger partial charge in [-0.1, -0.05) is 62.1 Å². The topological polar surface area (TPSA) is 87.7 Å². The van der Waals surface area contributed by atoms with Crippen molar-refractivity contribution in [3.8, 4) is 5.75 Å². The first-order valence-electron chi connectivity index (χ1n) is 12.5. The first-order valence-corrected chi connectivity index (χ1v) is 17.6. The molecule has 0 aromatic heterocycles. The average Bonchev–Trinajstić information content (AvgIpc) is 3.05. The van der Waals surface area contributed by atoms with Gasteiger partial charge in [0.1, 0.15) is 18.4 Å². The van der Waals surface area contributed by atoms with Gasteiger partial charge in [0.05, 0.1) is 0 Å². The SMILES string of the molecule is C[Si](C)(C)CCN1C(=O)C(c2ccc(CC3CCCNC3)cc2OCc2ccccc2)NS1(=O)=O. The van der Waals surface area contributed by atoms with Crippen LogP contribution in [0.4, 0.5) is 0 Å². The van der Waals surface area contributed by atoms with Crippen LogP contribution in [0.3, 0.4) is 0 Å². The van der Waals surface area contributed by atoms with E-state index in [4.69, 9.17) is 4.74 Å². The molecule has 0 bridgehead atoms. The summed E-state index contributed by atoms with van der Waals surface area (Å²) in [5.41, 5.74) is 2.71. The number of piperidine rings is 1. The standard InChI is InChI=1S/C26H37N3O4SSi/c1-35(2,3)15-14-29-26(30)25(28-34(29,31)32)23-12-11-21(16-22-10-7-13-27-18-22)17-24(23)33-19-20-8-5-4-6-9-20/h4-6,8-9,11-12,17,22,25,27-28H,7,10,13-16,18-19H2,1-3H3. The molecule has 4 rings (SSSR count). The minimum absolute atomic E-state index is 0.216. The maximum Gasteiger partial charge on any atom is 0.304 e. The van der Waals surface area contributed by atoms with Crippen molar-refractivity contribution in [3.05, 3.63) is 65.2 Å². The largest absolute Gasteiger partial charge is 0.489 e. The Kier molecular flexibility index (Phi) is 8.00. The van der Waals surface area contributed by atoms with Gasteiger partial charge in [0, 0.05) is 20.2 Å². The number of carbonyl (C=O) groups is 1. The lowest BCUT2D eigenvalue weighted by Gasteiger charge is -2.23. The van der Waals surface area contributed by atoms with E-state index in [9.17, 15) is 13.2 Å². The molecule has 1 amide bonds. The molecule has 0 radical (unpaired) electrons. The molecule has 0 saturated carbocycles. The van der Waals surface area contributed by atoms with E-state index in [1.54, 1.807) is 0 Å². The van der Waals surface area contributed by atoms with Crippen LogP contribution in [0.25, 0.3) is 0 Å². The van der Waals surface area contributed by atoms with Gasteiger partial charge >= 0.3 is 10.2 Å². The van der Waals surface area contributed by atoms with E-state index in [0.29, 0.717) is 23.8 Å². The maximum atomic E-state index is 13.3. The van der Waals surface area contributed by atoms with Gasteiger partial charge in [0.2, 0.25) is 0 Å². The van der Waals surface area contributed by atoms with Crippen LogP contribution in [0.5, 0.6) is 5.75 Å². The Bertz CT molecular complexity index is 1130. The lowest BCUT2D eigenvalue weighted by atomic mass is 9.91. The number of hydrogen-bond donors (Lipinski definition) is 2. The molecule has 2 heterocycles. The van der Waals surface area contributed by atoms with Crippen LogP contribution >= 0.6 is 0 Å². The summed E-state index contributed by atoms with van der Waals surface area (Å²) in [6, 6.07) is 15.4. The first kappa shape index (κ1) is 25.9. The Balaban J connectivity index is 1.59. The third-order valence-electron chi connectivity index (χ3n) is 6.66. The third-order valence-corrected chi connectivity index (χ3v) is 9.86. The predicted octanol–water partition coefficient (Wildman–Crippen LogP) is 3.86. The summed E-state index contributed by atoms with van der Waals surface area (Å²) < 4.78 is 35.5. The minimum Gasteiger partial charge on any atom is -0.489 e. The number of ether oxygens (including phenoxy) is 1. The quantitative estimate of drug-likeness (QED) is 0.495. The number of amides is 1. The number of nitrogens with zero attached hydrogens (tertiary/aromatic N) is 1. The molecule has 7 nitrogen and oxygen atoms in total. The molecule has 2 aromatic carbocycles. The van der Waals surface area contributed by atoms with Crippen molar-refractivity contribution >= 4 is 24.2 Å². The summed E-state index contributed by atoms with van der Waals surface area (Å²) in [5.74, 6) is 0.681. The van der Waals surface area contributed by atoms with Crippen molar-refractivity contribution in [1.29, 1.82) is 0 Å². The van der Waals surface area contributed by atoms with Gasteiger partial charge in [-0.3, -0.25) is 4.79 Å². The van der Waals surface area contributed by atoms with Crippen LogP contribution in [-0.2, 0) is 28.0 Å². The van der Waals surface area contributed by atoms with E-state index in [1.165, 1.54) is 12.8 Å². The normalized spacial score (nSPS) is 22.4. The molecule has 2 aliphatic rings. The van der Waals surface area contributed by atoms with Gasteiger partial charge in [0.25, 0.3) is 5.91 Å². The Labute approximate surface area is 210 Å². The third kappa shape index (κ3) is 6.72. The first-order chi connectivity index (χ1) is 16.6. The van der Waals surface area contributed by atoms with Crippen molar-refractivity contribution in [3.63, 3.8) is 0 Å². The van der Waals surface area contributed by atoms with E-state index in [0.717, 1.165) is 41.0 Å². The maximum absolute atomic E-state index is 13.3. The second-order valence-electron chi connectivity index (χ2n) is 10.8. The van der Waals surface area contributed by atoms with Gasteiger partial charge < -0.3 is 10.1 Å². The molecule has 2 N–H and O–H groups in total. The Morgan fingerprint density at radius 3 is 2.54 bits per heavy atom. The van der Waals surface area contributed by atoms with Gasteiger partial charge in [-0.25, -0.2) is 4.31 Å². The molecule has 0 spiro atoms. The lowest BCUT2D eigenvalue weighted by molar-refractivity contribution is -0.126. The number of carbonyl (C=O) groups excluding carboxylic acids is 1.